The molecular weight excluding hydrogens is 252 g/mol. The summed E-state index contributed by atoms with van der Waals surface area (Å²) in [5.41, 5.74) is 0.989. The zero-order valence-electron chi connectivity index (χ0n) is 11.6. The lowest BCUT2D eigenvalue weighted by molar-refractivity contribution is 0.0917. The standard InChI is InChI=1S/C16H20N2O2/c17-12-14-6-4-5-10-18(11-9-14)16(19)20-13-15-7-2-1-3-8-15/h1-3,7-8,14H,4-6,9-11,13H2. The summed E-state index contributed by atoms with van der Waals surface area (Å²) in [6, 6.07) is 12.0. The maximum atomic E-state index is 12.1. The van der Waals surface area contributed by atoms with E-state index in [1.54, 1.807) is 4.90 Å². The molecule has 1 atom stereocenters. The van der Waals surface area contributed by atoms with E-state index in [9.17, 15) is 4.79 Å². The second-order valence-electron chi connectivity index (χ2n) is 5.14. The molecular formula is C16H20N2O2. The molecule has 1 saturated heterocycles. The zero-order valence-corrected chi connectivity index (χ0v) is 11.6. The minimum absolute atomic E-state index is 0.0692. The van der Waals surface area contributed by atoms with Crippen molar-refractivity contribution in [2.24, 2.45) is 5.92 Å². The normalized spacial score (nSPS) is 19.6. The summed E-state index contributed by atoms with van der Waals surface area (Å²) in [4.78, 5) is 13.8. The smallest absolute Gasteiger partial charge is 0.410 e. The van der Waals surface area contributed by atoms with Crippen LogP contribution in [0.15, 0.2) is 30.3 Å². The Hall–Kier alpha value is -2.02. The van der Waals surface area contributed by atoms with Gasteiger partial charge >= 0.3 is 6.09 Å². The van der Waals surface area contributed by atoms with Gasteiger partial charge in [0.2, 0.25) is 0 Å². The van der Waals surface area contributed by atoms with Crippen molar-refractivity contribution >= 4 is 6.09 Å². The summed E-state index contributed by atoms with van der Waals surface area (Å²) < 4.78 is 5.34. The average Bonchev–Trinajstić information content (AvgIpc) is 2.46. The van der Waals surface area contributed by atoms with Gasteiger partial charge in [0.15, 0.2) is 0 Å². The summed E-state index contributed by atoms with van der Waals surface area (Å²) >= 11 is 0. The highest BCUT2D eigenvalue weighted by atomic mass is 16.6. The van der Waals surface area contributed by atoms with Crippen molar-refractivity contribution in [1.82, 2.24) is 4.90 Å². The maximum absolute atomic E-state index is 12.1. The van der Waals surface area contributed by atoms with Crippen LogP contribution >= 0.6 is 0 Å². The van der Waals surface area contributed by atoms with E-state index in [1.165, 1.54) is 0 Å². The highest BCUT2D eigenvalue weighted by Crippen LogP contribution is 2.17. The molecule has 0 saturated carbocycles. The Labute approximate surface area is 120 Å². The fraction of sp³-hybridized carbons (Fsp3) is 0.500. The van der Waals surface area contributed by atoms with Crippen molar-refractivity contribution in [3.8, 4) is 6.07 Å². The number of hydrogen-bond acceptors (Lipinski definition) is 3. The van der Waals surface area contributed by atoms with E-state index in [1.807, 2.05) is 30.3 Å². The number of hydrogen-bond donors (Lipinski definition) is 0. The van der Waals surface area contributed by atoms with Crippen molar-refractivity contribution in [3.63, 3.8) is 0 Å². The lowest BCUT2D eigenvalue weighted by Gasteiger charge is -2.25. The Morgan fingerprint density at radius 1 is 1.25 bits per heavy atom. The number of benzene rings is 1. The van der Waals surface area contributed by atoms with Crippen LogP contribution in [-0.4, -0.2) is 24.1 Å². The van der Waals surface area contributed by atoms with Crippen LogP contribution in [0.5, 0.6) is 0 Å². The van der Waals surface area contributed by atoms with E-state index in [4.69, 9.17) is 10.00 Å². The third-order valence-electron chi connectivity index (χ3n) is 3.62. The number of nitrogens with zero attached hydrogens (tertiary/aromatic N) is 2. The van der Waals surface area contributed by atoms with Crippen LogP contribution in [0, 0.1) is 17.2 Å². The van der Waals surface area contributed by atoms with Gasteiger partial charge in [-0.15, -0.1) is 0 Å². The summed E-state index contributed by atoms with van der Waals surface area (Å²) in [5, 5.41) is 9.00. The molecule has 4 heteroatoms. The van der Waals surface area contributed by atoms with Gasteiger partial charge in [0.1, 0.15) is 6.61 Å². The SMILES string of the molecule is N#CC1CCCCN(C(=O)OCc2ccccc2)CC1. The minimum atomic E-state index is -0.271. The molecule has 1 aliphatic rings. The van der Waals surface area contributed by atoms with Crippen molar-refractivity contribution in [1.29, 1.82) is 5.26 Å². The monoisotopic (exact) mass is 272 g/mol. The fourth-order valence-electron chi connectivity index (χ4n) is 2.38. The predicted octanol–water partition coefficient (Wildman–Crippen LogP) is 3.34. The average molecular weight is 272 g/mol. The van der Waals surface area contributed by atoms with Gasteiger partial charge in [-0.2, -0.15) is 5.26 Å². The third kappa shape index (κ3) is 4.27. The number of likely N-dealkylation sites (tertiary alicyclic amines) is 1. The molecule has 1 aliphatic heterocycles. The molecule has 0 spiro atoms. The lowest BCUT2D eigenvalue weighted by Crippen LogP contribution is -2.35. The van der Waals surface area contributed by atoms with Gasteiger partial charge < -0.3 is 9.64 Å². The van der Waals surface area contributed by atoms with E-state index in [2.05, 4.69) is 6.07 Å². The molecule has 2 rings (SSSR count). The zero-order chi connectivity index (χ0) is 14.2. The number of carbonyl (C=O) groups is 1. The van der Waals surface area contributed by atoms with E-state index in [0.717, 1.165) is 37.8 Å². The Kier molecular flexibility index (Phi) is 5.43. The van der Waals surface area contributed by atoms with Crippen LogP contribution in [-0.2, 0) is 11.3 Å². The Bertz CT molecular complexity index is 467. The molecule has 1 aromatic carbocycles. The molecule has 1 aromatic rings. The van der Waals surface area contributed by atoms with Crippen LogP contribution in [0.3, 0.4) is 0 Å². The van der Waals surface area contributed by atoms with Crippen molar-refractivity contribution < 1.29 is 9.53 Å². The second-order valence-corrected chi connectivity index (χ2v) is 5.14. The fourth-order valence-corrected chi connectivity index (χ4v) is 2.38. The summed E-state index contributed by atoms with van der Waals surface area (Å²) in [6.45, 7) is 1.65. The topological polar surface area (TPSA) is 53.3 Å². The van der Waals surface area contributed by atoms with Gasteiger partial charge in [0, 0.05) is 19.0 Å². The molecule has 106 valence electrons. The van der Waals surface area contributed by atoms with E-state index < -0.39 is 0 Å². The van der Waals surface area contributed by atoms with Crippen LogP contribution < -0.4 is 0 Å². The van der Waals surface area contributed by atoms with Crippen molar-refractivity contribution in [2.75, 3.05) is 13.1 Å². The second kappa shape index (κ2) is 7.54. The molecule has 20 heavy (non-hydrogen) atoms. The van der Waals surface area contributed by atoms with Gasteiger partial charge in [0.05, 0.1) is 6.07 Å². The molecule has 0 radical (unpaired) electrons. The van der Waals surface area contributed by atoms with Crippen LogP contribution in [0.4, 0.5) is 4.79 Å². The molecule has 0 aliphatic carbocycles. The predicted molar refractivity (Wildman–Crippen MR) is 75.8 cm³/mol. The maximum Gasteiger partial charge on any atom is 0.410 e. The molecule has 0 bridgehead atoms. The Balaban J connectivity index is 1.83. The third-order valence-corrected chi connectivity index (χ3v) is 3.62. The van der Waals surface area contributed by atoms with Crippen LogP contribution in [0.2, 0.25) is 0 Å². The van der Waals surface area contributed by atoms with E-state index >= 15 is 0 Å². The molecule has 1 heterocycles. The summed E-state index contributed by atoms with van der Waals surface area (Å²) in [6.07, 6.45) is 3.37. The lowest BCUT2D eigenvalue weighted by atomic mass is 9.98. The first-order chi connectivity index (χ1) is 9.79. The molecule has 1 fully saturated rings. The van der Waals surface area contributed by atoms with Crippen LogP contribution in [0.25, 0.3) is 0 Å². The van der Waals surface area contributed by atoms with Gasteiger partial charge in [-0.05, 0) is 24.8 Å². The number of carbonyl (C=O) groups excluding carboxylic acids is 1. The highest BCUT2D eigenvalue weighted by Gasteiger charge is 2.19. The number of rotatable bonds is 2. The van der Waals surface area contributed by atoms with E-state index in [0.29, 0.717) is 13.2 Å². The number of nitriles is 1. The number of amides is 1. The Morgan fingerprint density at radius 3 is 2.80 bits per heavy atom. The largest absolute Gasteiger partial charge is 0.445 e. The van der Waals surface area contributed by atoms with Gasteiger partial charge in [-0.3, -0.25) is 0 Å². The van der Waals surface area contributed by atoms with Gasteiger partial charge in [-0.1, -0.05) is 36.8 Å². The molecule has 1 unspecified atom stereocenters. The van der Waals surface area contributed by atoms with E-state index in [-0.39, 0.29) is 12.0 Å². The molecule has 1 amide bonds. The van der Waals surface area contributed by atoms with Crippen molar-refractivity contribution in [3.05, 3.63) is 35.9 Å². The first-order valence-electron chi connectivity index (χ1n) is 7.15. The highest BCUT2D eigenvalue weighted by molar-refractivity contribution is 5.67. The summed E-state index contributed by atoms with van der Waals surface area (Å²) in [5.74, 6) is 0.0692. The van der Waals surface area contributed by atoms with Gasteiger partial charge in [-0.25, -0.2) is 4.79 Å². The molecule has 4 nitrogen and oxygen atoms in total. The number of ether oxygens (including phenoxy) is 1. The molecule has 0 N–H and O–H groups in total. The van der Waals surface area contributed by atoms with Crippen LogP contribution in [0.1, 0.15) is 31.2 Å². The summed E-state index contributed by atoms with van der Waals surface area (Å²) in [7, 11) is 0. The minimum Gasteiger partial charge on any atom is -0.445 e. The molecule has 0 aromatic heterocycles. The first-order valence-corrected chi connectivity index (χ1v) is 7.15. The quantitative estimate of drug-likeness (QED) is 0.829. The van der Waals surface area contributed by atoms with Crippen molar-refractivity contribution in [2.45, 2.75) is 32.3 Å². The first kappa shape index (κ1) is 14.4. The van der Waals surface area contributed by atoms with Gasteiger partial charge in [0.25, 0.3) is 0 Å². The Morgan fingerprint density at radius 2 is 2.05 bits per heavy atom.